The molecule has 1 aliphatic carbocycles. The minimum Gasteiger partial charge on any atom is -0.369 e. The number of hydrogen-bond acceptors (Lipinski definition) is 4. The summed E-state index contributed by atoms with van der Waals surface area (Å²) in [6.45, 7) is 0. The van der Waals surface area contributed by atoms with E-state index in [1.165, 1.54) is 17.3 Å². The van der Waals surface area contributed by atoms with E-state index >= 15 is 0 Å². The Labute approximate surface area is 104 Å². The molecular weight excluding hydrogens is 234 g/mol. The molecule has 0 fully saturated rings. The molecule has 2 rings (SSSR count). The first-order valence-corrected chi connectivity index (χ1v) is 6.53. The van der Waals surface area contributed by atoms with Crippen molar-refractivity contribution in [2.24, 2.45) is 5.73 Å². The molecule has 1 heterocycles. The first kappa shape index (κ1) is 11.9. The fraction of sp³-hybridized carbons (Fsp3) is 0.417. The van der Waals surface area contributed by atoms with E-state index < -0.39 is 5.91 Å². The van der Waals surface area contributed by atoms with Gasteiger partial charge in [-0.2, -0.15) is 5.26 Å². The van der Waals surface area contributed by atoms with Crippen LogP contribution in [0, 0.1) is 11.3 Å². The Morgan fingerprint density at radius 3 is 3.00 bits per heavy atom. The van der Waals surface area contributed by atoms with Crippen LogP contribution in [0.4, 0.5) is 0 Å². The lowest BCUT2D eigenvalue weighted by atomic mass is 9.95. The second-order valence-electron chi connectivity index (χ2n) is 4.02. The molecule has 0 aromatic carbocycles. The number of aromatic nitrogens is 1. The number of primary amides is 1. The van der Waals surface area contributed by atoms with Gasteiger partial charge in [0.25, 0.3) is 0 Å². The minimum absolute atomic E-state index is 0.167. The largest absolute Gasteiger partial charge is 0.369 e. The number of amides is 1. The van der Waals surface area contributed by atoms with Crippen LogP contribution in [0.25, 0.3) is 0 Å². The number of carbonyl (C=O) groups is 1. The third-order valence-corrected chi connectivity index (χ3v) is 3.75. The summed E-state index contributed by atoms with van der Waals surface area (Å²) in [5.74, 6) is -0.223. The van der Waals surface area contributed by atoms with Crippen LogP contribution in [0.5, 0.6) is 0 Å². The number of nitriles is 1. The molecule has 0 unspecified atom stereocenters. The van der Waals surface area contributed by atoms with E-state index in [1.807, 2.05) is 6.07 Å². The summed E-state index contributed by atoms with van der Waals surface area (Å²) in [6, 6.07) is 4.04. The average molecular weight is 247 g/mol. The van der Waals surface area contributed by atoms with E-state index in [0.29, 0.717) is 10.6 Å². The Bertz CT molecular complexity index is 493. The monoisotopic (exact) mass is 247 g/mol. The fourth-order valence-electron chi connectivity index (χ4n) is 1.94. The van der Waals surface area contributed by atoms with Gasteiger partial charge in [-0.1, -0.05) is 11.8 Å². The predicted molar refractivity (Wildman–Crippen MR) is 65.5 cm³/mol. The molecule has 88 valence electrons. The predicted octanol–water partition coefficient (Wildman–Crippen LogP) is 1.41. The molecule has 1 amide bonds. The maximum atomic E-state index is 10.8. The van der Waals surface area contributed by atoms with Gasteiger partial charge in [0.05, 0.1) is 11.3 Å². The third-order valence-electron chi connectivity index (χ3n) is 2.74. The molecular formula is C12H13N3OS. The van der Waals surface area contributed by atoms with Crippen molar-refractivity contribution in [2.75, 3.05) is 5.75 Å². The number of aryl methyl sites for hydroxylation is 2. The summed E-state index contributed by atoms with van der Waals surface area (Å²) < 4.78 is 0. The number of fused-ring (bicyclic) bond motifs is 1. The van der Waals surface area contributed by atoms with Crippen molar-refractivity contribution in [3.63, 3.8) is 0 Å². The summed E-state index contributed by atoms with van der Waals surface area (Å²) in [5.41, 5.74) is 7.90. The number of hydrogen-bond donors (Lipinski definition) is 1. The Hall–Kier alpha value is -1.54. The Kier molecular flexibility index (Phi) is 3.64. The first-order valence-electron chi connectivity index (χ1n) is 5.54. The van der Waals surface area contributed by atoms with Crippen LogP contribution < -0.4 is 5.73 Å². The quantitative estimate of drug-likeness (QED) is 0.819. The van der Waals surface area contributed by atoms with Gasteiger partial charge >= 0.3 is 0 Å². The molecule has 0 saturated carbocycles. The zero-order valence-corrected chi connectivity index (χ0v) is 10.2. The van der Waals surface area contributed by atoms with Gasteiger partial charge in [0.1, 0.15) is 11.1 Å². The molecule has 2 N–H and O–H groups in total. The lowest BCUT2D eigenvalue weighted by molar-refractivity contribution is -0.115. The van der Waals surface area contributed by atoms with Crippen LogP contribution in [-0.2, 0) is 17.6 Å². The van der Waals surface area contributed by atoms with Crippen LogP contribution in [-0.4, -0.2) is 16.6 Å². The van der Waals surface area contributed by atoms with Crippen molar-refractivity contribution in [3.05, 3.63) is 22.9 Å². The molecule has 1 aromatic rings. The lowest BCUT2D eigenvalue weighted by Crippen LogP contribution is -2.14. The smallest absolute Gasteiger partial charge is 0.227 e. The summed E-state index contributed by atoms with van der Waals surface area (Å²) in [7, 11) is 0. The Morgan fingerprint density at radius 2 is 2.29 bits per heavy atom. The number of carbonyl (C=O) groups excluding carboxylic acids is 1. The number of rotatable bonds is 3. The van der Waals surface area contributed by atoms with E-state index in [2.05, 4.69) is 11.1 Å². The number of nitrogens with zero attached hydrogens (tertiary/aromatic N) is 2. The molecule has 5 heteroatoms. The molecule has 0 atom stereocenters. The topological polar surface area (TPSA) is 79.8 Å². The first-order chi connectivity index (χ1) is 8.20. The molecule has 0 bridgehead atoms. The van der Waals surface area contributed by atoms with E-state index in [4.69, 9.17) is 11.0 Å². The van der Waals surface area contributed by atoms with Crippen LogP contribution in [0.3, 0.4) is 0 Å². The molecule has 17 heavy (non-hydrogen) atoms. The second-order valence-corrected chi connectivity index (χ2v) is 4.98. The summed E-state index contributed by atoms with van der Waals surface area (Å²) in [6.07, 6.45) is 4.27. The second kappa shape index (κ2) is 5.19. The van der Waals surface area contributed by atoms with Crippen molar-refractivity contribution < 1.29 is 4.79 Å². The third kappa shape index (κ3) is 2.77. The van der Waals surface area contributed by atoms with E-state index in [-0.39, 0.29) is 5.75 Å². The fourth-order valence-corrected chi connectivity index (χ4v) is 2.66. The molecule has 0 radical (unpaired) electrons. The highest BCUT2D eigenvalue weighted by molar-refractivity contribution is 7.99. The highest BCUT2D eigenvalue weighted by Crippen LogP contribution is 2.26. The van der Waals surface area contributed by atoms with Gasteiger partial charge in [0.2, 0.25) is 5.91 Å². The van der Waals surface area contributed by atoms with Crippen molar-refractivity contribution >= 4 is 17.7 Å². The van der Waals surface area contributed by atoms with E-state index in [1.54, 1.807) is 0 Å². The van der Waals surface area contributed by atoms with Crippen LogP contribution in [0.1, 0.15) is 29.7 Å². The van der Waals surface area contributed by atoms with Gasteiger partial charge in [0.15, 0.2) is 0 Å². The van der Waals surface area contributed by atoms with Crippen molar-refractivity contribution in [1.82, 2.24) is 4.98 Å². The zero-order valence-electron chi connectivity index (χ0n) is 9.40. The maximum absolute atomic E-state index is 10.8. The Morgan fingerprint density at radius 1 is 1.53 bits per heavy atom. The summed E-state index contributed by atoms with van der Waals surface area (Å²) in [4.78, 5) is 15.2. The SMILES string of the molecule is N#Cc1cc2c(nc1SCC(N)=O)CCCC2. The molecule has 1 aromatic heterocycles. The van der Waals surface area contributed by atoms with Crippen LogP contribution in [0.15, 0.2) is 11.1 Å². The number of pyridine rings is 1. The Balaban J connectivity index is 2.30. The van der Waals surface area contributed by atoms with Gasteiger partial charge in [0, 0.05) is 5.69 Å². The van der Waals surface area contributed by atoms with Crippen molar-refractivity contribution in [3.8, 4) is 6.07 Å². The highest BCUT2D eigenvalue weighted by atomic mass is 32.2. The van der Waals surface area contributed by atoms with Crippen LogP contribution in [0.2, 0.25) is 0 Å². The number of thioether (sulfide) groups is 1. The van der Waals surface area contributed by atoms with Gasteiger partial charge < -0.3 is 5.73 Å². The maximum Gasteiger partial charge on any atom is 0.227 e. The van der Waals surface area contributed by atoms with Gasteiger partial charge in [-0.15, -0.1) is 0 Å². The van der Waals surface area contributed by atoms with Crippen LogP contribution >= 0.6 is 11.8 Å². The zero-order chi connectivity index (χ0) is 12.3. The molecule has 1 aliphatic rings. The molecule has 0 aliphatic heterocycles. The normalized spacial score (nSPS) is 13.8. The van der Waals surface area contributed by atoms with Gasteiger partial charge in [-0.25, -0.2) is 4.98 Å². The van der Waals surface area contributed by atoms with E-state index in [9.17, 15) is 4.79 Å². The highest BCUT2D eigenvalue weighted by Gasteiger charge is 2.15. The average Bonchev–Trinajstić information content (AvgIpc) is 2.35. The van der Waals surface area contributed by atoms with Gasteiger partial charge in [-0.3, -0.25) is 4.79 Å². The standard InChI is InChI=1S/C12H13N3OS/c13-6-9-5-8-3-1-2-4-10(8)15-12(9)17-7-11(14)16/h5H,1-4,7H2,(H2,14,16). The van der Waals surface area contributed by atoms with Crippen molar-refractivity contribution in [2.45, 2.75) is 30.7 Å². The lowest BCUT2D eigenvalue weighted by Gasteiger charge is -2.16. The number of nitrogens with two attached hydrogens (primary N) is 1. The molecule has 0 spiro atoms. The summed E-state index contributed by atoms with van der Waals surface area (Å²) >= 11 is 1.24. The molecule has 4 nitrogen and oxygen atoms in total. The summed E-state index contributed by atoms with van der Waals surface area (Å²) in [5, 5.41) is 9.70. The molecule has 0 saturated heterocycles. The minimum atomic E-state index is -0.390. The van der Waals surface area contributed by atoms with Gasteiger partial charge in [-0.05, 0) is 37.3 Å². The van der Waals surface area contributed by atoms with Crippen molar-refractivity contribution in [1.29, 1.82) is 5.26 Å². The van der Waals surface area contributed by atoms with E-state index in [0.717, 1.165) is 31.4 Å².